The van der Waals surface area contributed by atoms with Gasteiger partial charge in [0.2, 0.25) is 11.8 Å². The predicted molar refractivity (Wildman–Crippen MR) is 111 cm³/mol. The van der Waals surface area contributed by atoms with E-state index in [4.69, 9.17) is 0 Å². The topological polar surface area (TPSA) is 70.6 Å². The van der Waals surface area contributed by atoms with Crippen LogP contribution in [0, 0.1) is 19.8 Å². The van der Waals surface area contributed by atoms with Crippen molar-refractivity contribution in [2.75, 3.05) is 5.32 Å². The molecule has 0 heterocycles. The highest BCUT2D eigenvalue weighted by Crippen LogP contribution is 2.26. The number of anilines is 1. The van der Waals surface area contributed by atoms with E-state index in [1.165, 1.54) is 5.56 Å². The molecule has 0 unspecified atom stereocenters. The lowest BCUT2D eigenvalue weighted by atomic mass is 9.85. The Morgan fingerprint density at radius 1 is 1.15 bits per heavy atom. The Labute approximate surface area is 161 Å². The minimum absolute atomic E-state index is 0.0974. The molecular formula is C22H29N3O2. The molecule has 1 atom stereocenters. The zero-order chi connectivity index (χ0) is 20.0. The van der Waals surface area contributed by atoms with Gasteiger partial charge in [-0.15, -0.1) is 0 Å². The van der Waals surface area contributed by atoms with Crippen LogP contribution in [0.4, 0.5) is 5.69 Å². The smallest absolute Gasteiger partial charge is 0.240 e. The Bertz CT molecular complexity index is 806. The maximum atomic E-state index is 12.0. The van der Waals surface area contributed by atoms with Gasteiger partial charge in [0.05, 0.1) is 5.71 Å². The highest BCUT2D eigenvalue weighted by Gasteiger charge is 2.18. The van der Waals surface area contributed by atoms with E-state index in [0.29, 0.717) is 5.92 Å². The van der Waals surface area contributed by atoms with E-state index in [9.17, 15) is 9.59 Å². The molecule has 0 saturated heterocycles. The fourth-order valence-corrected chi connectivity index (χ4v) is 2.88. The summed E-state index contributed by atoms with van der Waals surface area (Å²) in [4.78, 5) is 24.1. The molecule has 5 nitrogen and oxygen atoms in total. The summed E-state index contributed by atoms with van der Waals surface area (Å²) in [7, 11) is 0. The highest BCUT2D eigenvalue weighted by atomic mass is 16.2. The average molecular weight is 367 g/mol. The molecule has 0 radical (unpaired) electrons. The Morgan fingerprint density at radius 2 is 1.85 bits per heavy atom. The number of carbonyl (C=O) groups is 2. The van der Waals surface area contributed by atoms with E-state index in [2.05, 4.69) is 28.5 Å². The predicted octanol–water partition coefficient (Wildman–Crippen LogP) is 4.43. The molecule has 0 aromatic heterocycles. The average Bonchev–Trinajstić information content (AvgIpc) is 2.62. The van der Waals surface area contributed by atoms with Crippen LogP contribution in [0.25, 0.3) is 0 Å². The van der Waals surface area contributed by atoms with Gasteiger partial charge in [0.15, 0.2) is 0 Å². The van der Waals surface area contributed by atoms with Gasteiger partial charge >= 0.3 is 0 Å². The molecule has 27 heavy (non-hydrogen) atoms. The number of nitrogens with one attached hydrogen (secondary N) is 2. The second-order valence-electron chi connectivity index (χ2n) is 7.31. The van der Waals surface area contributed by atoms with Crippen LogP contribution in [0.3, 0.4) is 0 Å². The molecule has 1 aromatic rings. The molecule has 0 spiro atoms. The van der Waals surface area contributed by atoms with Crippen LogP contribution < -0.4 is 10.7 Å². The van der Waals surface area contributed by atoms with Gasteiger partial charge in [0, 0.05) is 18.5 Å². The number of allylic oxidation sites excluding steroid dienone is 3. The SMILES string of the molecule is C=C(C)[C@@H]1CC=C(C)/C(=N\NC(=O)CCC(=O)Nc2ccc(C)c(C)c2)C1. The number of benzene rings is 1. The summed E-state index contributed by atoms with van der Waals surface area (Å²) in [6.45, 7) is 12.0. The van der Waals surface area contributed by atoms with E-state index in [1.807, 2.05) is 45.9 Å². The Hall–Kier alpha value is -2.69. The van der Waals surface area contributed by atoms with E-state index in [1.54, 1.807) is 0 Å². The van der Waals surface area contributed by atoms with Crippen molar-refractivity contribution >= 4 is 23.2 Å². The molecule has 0 fully saturated rings. The van der Waals surface area contributed by atoms with Crippen LogP contribution >= 0.6 is 0 Å². The number of nitrogens with zero attached hydrogens (tertiary/aromatic N) is 1. The standard InChI is InChI=1S/C22H29N3O2/c1-14(2)18-8-6-16(4)20(13-18)24-25-22(27)11-10-21(26)23-19-9-7-15(3)17(5)12-19/h6-7,9,12,18H,1,8,10-11,13H2,2-5H3,(H,23,26)(H,25,27)/b24-20-/t18-/m1/s1. The molecule has 1 aliphatic rings. The van der Waals surface area contributed by atoms with Crippen LogP contribution in [0.15, 0.2) is 47.1 Å². The summed E-state index contributed by atoms with van der Waals surface area (Å²) in [6.07, 6.45) is 4.09. The van der Waals surface area contributed by atoms with Crippen molar-refractivity contribution in [3.8, 4) is 0 Å². The Balaban J connectivity index is 1.82. The van der Waals surface area contributed by atoms with Crippen LogP contribution in [-0.4, -0.2) is 17.5 Å². The summed E-state index contributed by atoms with van der Waals surface area (Å²) in [6, 6.07) is 5.75. The van der Waals surface area contributed by atoms with Gasteiger partial charge < -0.3 is 5.32 Å². The van der Waals surface area contributed by atoms with Gasteiger partial charge in [0.25, 0.3) is 0 Å². The lowest BCUT2D eigenvalue weighted by Crippen LogP contribution is -2.24. The van der Waals surface area contributed by atoms with E-state index >= 15 is 0 Å². The lowest BCUT2D eigenvalue weighted by Gasteiger charge is -2.22. The van der Waals surface area contributed by atoms with Crippen LogP contribution in [0.1, 0.15) is 50.7 Å². The van der Waals surface area contributed by atoms with Crippen molar-refractivity contribution in [3.05, 3.63) is 53.1 Å². The molecule has 2 N–H and O–H groups in total. The van der Waals surface area contributed by atoms with Gasteiger partial charge in [-0.1, -0.05) is 24.3 Å². The molecule has 2 rings (SSSR count). The van der Waals surface area contributed by atoms with Crippen molar-refractivity contribution in [2.45, 2.75) is 53.4 Å². The van der Waals surface area contributed by atoms with E-state index in [-0.39, 0.29) is 24.7 Å². The third kappa shape index (κ3) is 6.20. The van der Waals surface area contributed by atoms with Gasteiger partial charge in [-0.2, -0.15) is 5.10 Å². The summed E-state index contributed by atoms with van der Waals surface area (Å²) in [5, 5.41) is 7.08. The maximum absolute atomic E-state index is 12.0. The molecule has 1 aromatic carbocycles. The number of aryl methyl sites for hydroxylation is 2. The third-order valence-electron chi connectivity index (χ3n) is 4.99. The number of carbonyl (C=O) groups excluding carboxylic acids is 2. The number of rotatable bonds is 6. The molecular weight excluding hydrogens is 338 g/mol. The highest BCUT2D eigenvalue weighted by molar-refractivity contribution is 6.01. The molecule has 0 bridgehead atoms. The number of hydrazone groups is 1. The zero-order valence-electron chi connectivity index (χ0n) is 16.7. The molecule has 0 saturated carbocycles. The van der Waals surface area contributed by atoms with Gasteiger partial charge in [-0.3, -0.25) is 9.59 Å². The second kappa shape index (κ2) is 9.31. The normalized spacial score (nSPS) is 18.0. The molecule has 0 aliphatic heterocycles. The summed E-state index contributed by atoms with van der Waals surface area (Å²) < 4.78 is 0. The maximum Gasteiger partial charge on any atom is 0.240 e. The quantitative estimate of drug-likeness (QED) is 0.577. The molecule has 5 heteroatoms. The van der Waals surface area contributed by atoms with Crippen molar-refractivity contribution in [2.24, 2.45) is 11.0 Å². The zero-order valence-corrected chi connectivity index (χ0v) is 16.7. The number of hydrogen-bond donors (Lipinski definition) is 2. The third-order valence-corrected chi connectivity index (χ3v) is 4.99. The molecule has 144 valence electrons. The van der Waals surface area contributed by atoms with Crippen LogP contribution in [-0.2, 0) is 9.59 Å². The Kier molecular flexibility index (Phi) is 7.11. The second-order valence-corrected chi connectivity index (χ2v) is 7.31. The molecule has 1 aliphatic carbocycles. The van der Waals surface area contributed by atoms with Crippen molar-refractivity contribution in [1.29, 1.82) is 0 Å². The minimum Gasteiger partial charge on any atom is -0.326 e. The van der Waals surface area contributed by atoms with Crippen molar-refractivity contribution in [3.63, 3.8) is 0 Å². The molecule has 2 amide bonds. The van der Waals surface area contributed by atoms with Crippen LogP contribution in [0.5, 0.6) is 0 Å². The summed E-state index contributed by atoms with van der Waals surface area (Å²) in [5.74, 6) is -0.0757. The van der Waals surface area contributed by atoms with E-state index < -0.39 is 0 Å². The number of hydrogen-bond acceptors (Lipinski definition) is 3. The first kappa shape index (κ1) is 20.6. The monoisotopic (exact) mass is 367 g/mol. The van der Waals surface area contributed by atoms with Crippen LogP contribution in [0.2, 0.25) is 0 Å². The first-order valence-electron chi connectivity index (χ1n) is 9.31. The minimum atomic E-state index is -0.261. The van der Waals surface area contributed by atoms with Crippen molar-refractivity contribution < 1.29 is 9.59 Å². The number of amides is 2. The van der Waals surface area contributed by atoms with Crippen molar-refractivity contribution in [1.82, 2.24) is 5.43 Å². The lowest BCUT2D eigenvalue weighted by molar-refractivity contribution is -0.124. The van der Waals surface area contributed by atoms with Gasteiger partial charge in [-0.05, 0) is 75.3 Å². The fourth-order valence-electron chi connectivity index (χ4n) is 2.88. The summed E-state index contributed by atoms with van der Waals surface area (Å²) in [5.41, 5.74) is 8.70. The largest absolute Gasteiger partial charge is 0.326 e. The summed E-state index contributed by atoms with van der Waals surface area (Å²) >= 11 is 0. The van der Waals surface area contributed by atoms with E-state index in [0.717, 1.165) is 41.0 Å². The van der Waals surface area contributed by atoms with Gasteiger partial charge in [0.1, 0.15) is 0 Å². The fraction of sp³-hybridized carbons (Fsp3) is 0.409. The first-order valence-corrected chi connectivity index (χ1v) is 9.31. The Morgan fingerprint density at radius 3 is 2.52 bits per heavy atom. The first-order chi connectivity index (χ1) is 12.8. The van der Waals surface area contributed by atoms with Gasteiger partial charge in [-0.25, -0.2) is 5.43 Å².